The van der Waals surface area contributed by atoms with E-state index in [1.807, 2.05) is 16.1 Å². The van der Waals surface area contributed by atoms with Crippen molar-refractivity contribution in [2.75, 3.05) is 16.0 Å². The third-order valence-corrected chi connectivity index (χ3v) is 23.3. The summed E-state index contributed by atoms with van der Waals surface area (Å²) in [5.41, 5.74) is 7.31. The molecule has 5 saturated carbocycles. The largest absolute Gasteiger partial charge is 0.340 e. The predicted octanol–water partition coefficient (Wildman–Crippen LogP) is 9.94. The zero-order chi connectivity index (χ0) is 75.7. The van der Waals surface area contributed by atoms with Gasteiger partial charge in [-0.1, -0.05) is 6.07 Å². The summed E-state index contributed by atoms with van der Waals surface area (Å²) in [5, 5.41) is 52.6. The summed E-state index contributed by atoms with van der Waals surface area (Å²) in [6.45, 7) is 9.87. The highest BCUT2D eigenvalue weighted by atomic mass is 32.1. The van der Waals surface area contributed by atoms with Gasteiger partial charge in [-0.3, -0.25) is 48.1 Å². The maximum atomic E-state index is 14.0. The van der Waals surface area contributed by atoms with Crippen LogP contribution in [0, 0.1) is 69.4 Å². The van der Waals surface area contributed by atoms with E-state index in [9.17, 15) is 70.4 Å². The number of ketones is 3. The number of carbonyl (C=O) groups is 9. The fourth-order valence-electron chi connectivity index (χ4n) is 15.6. The Balaban J connectivity index is 0.000000128. The summed E-state index contributed by atoms with van der Waals surface area (Å²) in [6, 6.07) is 12.6. The number of pyridine rings is 1. The third-order valence-electron chi connectivity index (χ3n) is 21.5. The van der Waals surface area contributed by atoms with Gasteiger partial charge < -0.3 is 45.6 Å². The van der Waals surface area contributed by atoms with Crippen LogP contribution in [0.15, 0.2) is 65.9 Å². The number of amides is 6. The Labute approximate surface area is 613 Å². The van der Waals surface area contributed by atoms with Crippen LogP contribution >= 0.6 is 22.7 Å². The van der Waals surface area contributed by atoms with Crippen LogP contribution in [0.2, 0.25) is 0 Å². The molecule has 7 N–H and O–H groups in total. The second-order valence-electron chi connectivity index (χ2n) is 28.7. The van der Waals surface area contributed by atoms with E-state index in [4.69, 9.17) is 0 Å². The first-order chi connectivity index (χ1) is 51.0. The minimum Gasteiger partial charge on any atom is -0.340 e. The number of H-pyrrole nitrogens is 1. The van der Waals surface area contributed by atoms with Crippen molar-refractivity contribution in [1.29, 1.82) is 5.26 Å². The van der Waals surface area contributed by atoms with E-state index < -0.39 is 100 Å². The van der Waals surface area contributed by atoms with Crippen molar-refractivity contribution in [3.63, 3.8) is 0 Å². The first-order valence-corrected chi connectivity index (χ1v) is 36.4. The maximum absolute atomic E-state index is 14.0. The Morgan fingerprint density at radius 2 is 1.11 bits per heavy atom. The highest BCUT2D eigenvalue weighted by molar-refractivity contribution is 7.09. The summed E-state index contributed by atoms with van der Waals surface area (Å²) in [7, 11) is 0. The second-order valence-corrected chi connectivity index (χ2v) is 30.4. The van der Waals surface area contributed by atoms with Crippen molar-refractivity contribution in [1.82, 2.24) is 70.4 Å². The van der Waals surface area contributed by atoms with Gasteiger partial charge in [0.25, 0.3) is 58.7 Å². The van der Waals surface area contributed by atoms with Gasteiger partial charge in [-0.15, -0.1) is 43.1 Å². The molecule has 5 aliphatic carbocycles. The van der Waals surface area contributed by atoms with E-state index in [0.717, 1.165) is 36.2 Å². The lowest BCUT2D eigenvalue weighted by molar-refractivity contribution is -0.148. The van der Waals surface area contributed by atoms with Gasteiger partial charge in [0.15, 0.2) is 0 Å². The molecule has 34 heteroatoms. The first kappa shape index (κ1) is 71.3. The van der Waals surface area contributed by atoms with Crippen LogP contribution in [0.25, 0.3) is 0 Å². The summed E-state index contributed by atoms with van der Waals surface area (Å²) in [5.74, 6) is -10.0. The fourth-order valence-corrected chi connectivity index (χ4v) is 17.1. The first-order valence-electron chi connectivity index (χ1n) is 34.6. The average molecular weight is 1500 g/mol. The van der Waals surface area contributed by atoms with Crippen LogP contribution in [0.1, 0.15) is 217 Å². The van der Waals surface area contributed by atoms with Crippen LogP contribution in [0.4, 0.5) is 39.0 Å². The number of hydrogen-bond donors (Lipinski definition) is 7. The lowest BCUT2D eigenvalue weighted by Gasteiger charge is -2.46. The number of nitrogens with zero attached hydrogens (tertiary/aromatic N) is 11. The Bertz CT molecular complexity index is 5290. The minimum atomic E-state index is -3.01. The van der Waals surface area contributed by atoms with Gasteiger partial charge in [-0.05, 0) is 176 Å². The van der Waals surface area contributed by atoms with E-state index >= 15 is 0 Å². The third kappa shape index (κ3) is 12.8. The standard InChI is InChI=1S/C25H22N6O3S.C24H24F3N7O3.C24H21F2N5O3S/c1-12-3-4-16(7-15(12)10-26)28-22(33)20-13(2)19(18-9-14-8-17(14)31(18)20)21(32)23(34)29-25(5-6-25)24-30-27-11-35-24;1-12-18(20(35)22(37)31-23(10-24(26,27)11-23)17-9-29-33-32-17)16-4-3-7-34(16)19(12)21(36)30-14-5-6-28-15(8-14)13(2)25;1-10-14(25)7-13(8-15(10)26)28-21(33)19-11(2)18(17-6-12-5-16(12)31(17)19)20(32)22(34)29-24(3-4-24)23-30-27-9-35-23/h3-4,7,11,14,17H,5-6,8-9H2,1-2H3,(H,28,33)(H,29,34);5-6,8-9,13H,3-4,7,10-11H2,1-2H3,(H,31,37)(H,28,30,36)(H,29,32,33);7-9,12,16H,3-6H2,1-2H3,(H,28,33)(H,29,34)/t14-,17-;;12-,16-/m1.1/s1. The Kier molecular flexibility index (Phi) is 17.7. The highest BCUT2D eigenvalue weighted by Crippen LogP contribution is 2.57. The molecular weight excluding hydrogens is 1430 g/mol. The quantitative estimate of drug-likeness (QED) is 0.0225. The Morgan fingerprint density at radius 3 is 1.58 bits per heavy atom. The molecule has 5 fully saturated rings. The number of nitrogens with one attached hydrogen (secondary N) is 7. The van der Waals surface area contributed by atoms with E-state index in [2.05, 4.69) is 78.8 Å². The molecular formula is C73H67F5N18O9S2. The molecule has 8 aliphatic rings. The summed E-state index contributed by atoms with van der Waals surface area (Å²) < 4.78 is 74.8. The fraction of sp³-hybridized carbons (Fsp3) is 0.384. The molecule has 5 atom stereocenters. The summed E-state index contributed by atoms with van der Waals surface area (Å²) in [6.07, 6.45) is 6.90. The van der Waals surface area contributed by atoms with Gasteiger partial charge in [0.05, 0.1) is 56.8 Å². The molecule has 1 unspecified atom stereocenters. The van der Waals surface area contributed by atoms with E-state index in [0.29, 0.717) is 136 Å². The van der Waals surface area contributed by atoms with Gasteiger partial charge in [0, 0.05) is 77.4 Å². The smallest absolute Gasteiger partial charge is 0.293 e. The van der Waals surface area contributed by atoms with Crippen LogP contribution in [0.5, 0.6) is 0 Å². The molecule has 17 rings (SSSR count). The topological polar surface area (TPSA) is 370 Å². The van der Waals surface area contributed by atoms with E-state index in [1.54, 1.807) is 54.6 Å². The molecule has 7 aromatic heterocycles. The van der Waals surface area contributed by atoms with Crippen molar-refractivity contribution in [2.24, 2.45) is 11.8 Å². The van der Waals surface area contributed by atoms with Crippen LogP contribution in [0.3, 0.4) is 0 Å². The number of aromatic nitrogens is 11. The van der Waals surface area contributed by atoms with Gasteiger partial charge in [-0.25, -0.2) is 22.0 Å². The molecule has 10 heterocycles. The number of benzene rings is 2. The Hall–Kier alpha value is -11.3. The van der Waals surface area contributed by atoms with Gasteiger partial charge in [-0.2, -0.15) is 20.7 Å². The molecule has 9 aromatic rings. The number of halogens is 5. The van der Waals surface area contributed by atoms with Crippen molar-refractivity contribution >= 4 is 92.5 Å². The maximum Gasteiger partial charge on any atom is 0.293 e. The number of hydrogen-bond acceptors (Lipinski definition) is 19. The number of alkyl halides is 3. The molecule has 27 nitrogen and oxygen atoms in total. The van der Waals surface area contributed by atoms with E-state index in [1.165, 1.54) is 61.0 Å². The molecule has 0 saturated heterocycles. The zero-order valence-corrected chi connectivity index (χ0v) is 59.9. The molecule has 3 aliphatic heterocycles. The van der Waals surface area contributed by atoms with Crippen LogP contribution in [-0.4, -0.2) is 113 Å². The van der Waals surface area contributed by atoms with Crippen molar-refractivity contribution in [3.8, 4) is 6.07 Å². The molecule has 0 bridgehead atoms. The Morgan fingerprint density at radius 1 is 0.626 bits per heavy atom. The number of rotatable bonds is 19. The molecule has 0 spiro atoms. The number of anilines is 3. The normalized spacial score (nSPS) is 19.6. The molecule has 6 amide bonds. The second kappa shape index (κ2) is 26.6. The van der Waals surface area contributed by atoms with Crippen LogP contribution in [-0.2, 0) is 56.8 Å². The predicted molar refractivity (Wildman–Crippen MR) is 373 cm³/mol. The zero-order valence-electron chi connectivity index (χ0n) is 58.2. The number of fused-ring (bicyclic) bond motifs is 7. The van der Waals surface area contributed by atoms with Crippen molar-refractivity contribution < 1.29 is 65.1 Å². The number of Topliss-reactive ketones (excluding diaryl/α,β-unsaturated/α-hetero) is 3. The number of carbonyl (C=O) groups excluding carboxylic acids is 9. The summed E-state index contributed by atoms with van der Waals surface area (Å²) in [4.78, 5) is 123. The lowest BCUT2D eigenvalue weighted by Crippen LogP contribution is -2.61. The molecule has 0 radical (unpaired) electrons. The monoisotopic (exact) mass is 1500 g/mol. The average Bonchev–Trinajstić information content (AvgIpc) is 1.55. The number of aryl methyl sites for hydroxylation is 1. The van der Waals surface area contributed by atoms with Crippen LogP contribution < -0.4 is 31.9 Å². The molecule has 2 aromatic carbocycles. The number of nitriles is 1. The number of aromatic amines is 1. The van der Waals surface area contributed by atoms with Crippen molar-refractivity contribution in [3.05, 3.63) is 183 Å². The van der Waals surface area contributed by atoms with Gasteiger partial charge >= 0.3 is 0 Å². The van der Waals surface area contributed by atoms with Gasteiger partial charge in [0.2, 0.25) is 0 Å². The molecule has 107 heavy (non-hydrogen) atoms. The highest BCUT2D eigenvalue weighted by Gasteiger charge is 2.61. The van der Waals surface area contributed by atoms with Crippen molar-refractivity contribution in [2.45, 2.75) is 166 Å². The summed E-state index contributed by atoms with van der Waals surface area (Å²) >= 11 is 2.68. The SMILES string of the molecule is Cc1c(C(=O)C(=O)NC2(c3cn[nH]n3)CC(F)(F)C2)c2n(c1C(=O)Nc1ccnc(C(C)F)c1)CCC2.Cc1c(F)cc(NC(=O)c2c(C)c(C(=O)C(=O)NC3(c4nncs4)CC3)c3n2[C@@H]2C[C@@H]2C3)cc1F.Cc1ccc(NC(=O)c2c(C)c(C(=O)C(=O)NC3(c4nncs4)CC3)c3n2[C@@H]2C[C@@H]2C3)cc1C#N. The lowest BCUT2D eigenvalue weighted by atomic mass is 9.71. The van der Waals surface area contributed by atoms with E-state index in [-0.39, 0.29) is 63.1 Å². The van der Waals surface area contributed by atoms with Gasteiger partial charge in [0.1, 0.15) is 61.6 Å². The minimum absolute atomic E-state index is 0.0192. The molecule has 550 valence electrons.